The maximum atomic E-state index is 13.4. The molecule has 1 aliphatic rings. The van der Waals surface area contributed by atoms with Crippen LogP contribution < -0.4 is 15.0 Å². The van der Waals surface area contributed by atoms with Crippen LogP contribution in [-0.4, -0.2) is 54.2 Å². The predicted octanol–water partition coefficient (Wildman–Crippen LogP) is 6.42. The van der Waals surface area contributed by atoms with Crippen molar-refractivity contribution in [1.82, 2.24) is 14.9 Å². The molecule has 5 rings (SSSR count). The summed E-state index contributed by atoms with van der Waals surface area (Å²) in [6.07, 6.45) is -3.90. The molecule has 0 unspecified atom stereocenters. The van der Waals surface area contributed by atoms with Crippen molar-refractivity contribution in [3.63, 3.8) is 0 Å². The van der Waals surface area contributed by atoms with Gasteiger partial charge in [-0.05, 0) is 36.8 Å². The third kappa shape index (κ3) is 6.42. The van der Waals surface area contributed by atoms with Crippen LogP contribution >= 0.6 is 0 Å². The first-order valence-electron chi connectivity index (χ1n) is 13.3. The lowest BCUT2D eigenvalue weighted by Crippen LogP contribution is -2.50. The third-order valence-electron chi connectivity index (χ3n) is 7.08. The first-order chi connectivity index (χ1) is 19.7. The number of aromatic nitrogens is 2. The van der Waals surface area contributed by atoms with Crippen molar-refractivity contribution < 1.29 is 22.7 Å². The third-order valence-corrected chi connectivity index (χ3v) is 7.08. The van der Waals surface area contributed by atoms with Crippen LogP contribution in [0.1, 0.15) is 22.4 Å². The number of nitrogens with zero attached hydrogens (tertiary/aromatic N) is 4. The molecule has 2 heterocycles. The summed E-state index contributed by atoms with van der Waals surface area (Å²) in [4.78, 5) is 26.3. The Morgan fingerprint density at radius 3 is 2.34 bits per heavy atom. The van der Waals surface area contributed by atoms with E-state index >= 15 is 0 Å². The molecular formula is C31H30F3N5O2. The Bertz CT molecular complexity index is 1520. The van der Waals surface area contributed by atoms with Gasteiger partial charge in [0.25, 0.3) is 0 Å². The number of piperazine rings is 1. The summed E-state index contributed by atoms with van der Waals surface area (Å²) in [5.74, 6) is 1.47. The van der Waals surface area contributed by atoms with Gasteiger partial charge in [-0.2, -0.15) is 13.2 Å². The fourth-order valence-corrected chi connectivity index (χ4v) is 4.88. The fourth-order valence-electron chi connectivity index (χ4n) is 4.88. The minimum absolute atomic E-state index is 0.233. The van der Waals surface area contributed by atoms with Gasteiger partial charge in [0.05, 0.1) is 18.4 Å². The number of rotatable bonds is 6. The normalized spacial score (nSPS) is 13.7. The lowest BCUT2D eigenvalue weighted by Gasteiger charge is -2.36. The molecule has 0 saturated carbocycles. The minimum Gasteiger partial charge on any atom is -0.495 e. The highest BCUT2D eigenvalue weighted by Gasteiger charge is 2.31. The summed E-state index contributed by atoms with van der Waals surface area (Å²) in [7, 11) is 1.55. The summed E-state index contributed by atoms with van der Waals surface area (Å²) in [5.41, 5.74) is 2.80. The van der Waals surface area contributed by atoms with E-state index in [1.165, 1.54) is 6.07 Å². The molecule has 1 saturated heterocycles. The number of urea groups is 1. The average Bonchev–Trinajstić information content (AvgIpc) is 2.98. The van der Waals surface area contributed by atoms with E-state index in [9.17, 15) is 18.0 Å². The molecule has 3 aromatic carbocycles. The van der Waals surface area contributed by atoms with Gasteiger partial charge in [0.2, 0.25) is 0 Å². The average molecular weight is 562 g/mol. The number of aryl methyl sites for hydroxylation is 1. The van der Waals surface area contributed by atoms with Crippen LogP contribution in [0.5, 0.6) is 5.75 Å². The van der Waals surface area contributed by atoms with Crippen LogP contribution in [0.2, 0.25) is 0 Å². The second-order valence-electron chi connectivity index (χ2n) is 9.78. The molecule has 41 heavy (non-hydrogen) atoms. The topological polar surface area (TPSA) is 70.6 Å². The van der Waals surface area contributed by atoms with Crippen LogP contribution in [0.4, 0.5) is 29.5 Å². The molecular weight excluding hydrogens is 531 g/mol. The highest BCUT2D eigenvalue weighted by Crippen LogP contribution is 2.33. The monoisotopic (exact) mass is 561 g/mol. The number of halogens is 3. The lowest BCUT2D eigenvalue weighted by molar-refractivity contribution is -0.137. The summed E-state index contributed by atoms with van der Waals surface area (Å²) in [6, 6.07) is 22.0. The van der Waals surface area contributed by atoms with E-state index in [1.54, 1.807) is 30.2 Å². The van der Waals surface area contributed by atoms with E-state index in [4.69, 9.17) is 9.72 Å². The maximum Gasteiger partial charge on any atom is 0.416 e. The Hall–Kier alpha value is -4.60. The van der Waals surface area contributed by atoms with Gasteiger partial charge in [-0.25, -0.2) is 14.8 Å². The van der Waals surface area contributed by atoms with Crippen molar-refractivity contribution in [3.8, 4) is 17.1 Å². The van der Waals surface area contributed by atoms with E-state index in [0.29, 0.717) is 61.1 Å². The van der Waals surface area contributed by atoms with Gasteiger partial charge >= 0.3 is 12.2 Å². The zero-order valence-electron chi connectivity index (χ0n) is 22.8. The van der Waals surface area contributed by atoms with E-state index in [-0.39, 0.29) is 11.9 Å². The molecule has 212 valence electrons. The highest BCUT2D eigenvalue weighted by molar-refractivity contribution is 5.91. The number of ether oxygens (including phenoxy) is 1. The van der Waals surface area contributed by atoms with Crippen LogP contribution in [0.15, 0.2) is 78.9 Å². The first kappa shape index (κ1) is 27.9. The van der Waals surface area contributed by atoms with Gasteiger partial charge in [-0.15, -0.1) is 0 Å². The van der Waals surface area contributed by atoms with Gasteiger partial charge < -0.3 is 19.9 Å². The summed E-state index contributed by atoms with van der Waals surface area (Å²) < 4.78 is 45.6. The van der Waals surface area contributed by atoms with E-state index in [2.05, 4.69) is 15.2 Å². The van der Waals surface area contributed by atoms with Gasteiger partial charge in [0.1, 0.15) is 11.6 Å². The standard InChI is InChI=1S/C31H30F3N5O2/c1-21-25(19-22-9-4-3-5-10-22)29(37-28(35-21)23-11-8-12-24(20-23)31(32,33)34)38-15-17-39(18-16-38)30(40)36-26-13-6-7-14-27(26)41-2/h3-14,20H,15-19H2,1-2H3,(H,36,40). The van der Waals surface area contributed by atoms with Gasteiger partial charge in [-0.1, -0.05) is 54.6 Å². The number of nitrogens with one attached hydrogen (secondary N) is 1. The van der Waals surface area contributed by atoms with Crippen molar-refractivity contribution >= 4 is 17.5 Å². The van der Waals surface area contributed by atoms with Crippen molar-refractivity contribution in [2.45, 2.75) is 19.5 Å². The minimum atomic E-state index is -4.47. The quantitative estimate of drug-likeness (QED) is 0.294. The molecule has 1 aromatic heterocycles. The molecule has 4 aromatic rings. The van der Waals surface area contributed by atoms with Crippen LogP contribution in [0, 0.1) is 6.92 Å². The number of carbonyl (C=O) groups is 1. The van der Waals surface area contributed by atoms with Gasteiger partial charge in [-0.3, -0.25) is 0 Å². The molecule has 1 aliphatic heterocycles. The Labute approximate surface area is 236 Å². The second kappa shape index (κ2) is 11.9. The van der Waals surface area contributed by atoms with E-state index < -0.39 is 11.7 Å². The molecule has 1 N–H and O–H groups in total. The number of hydrogen-bond acceptors (Lipinski definition) is 5. The lowest BCUT2D eigenvalue weighted by atomic mass is 10.0. The maximum absolute atomic E-state index is 13.4. The van der Waals surface area contributed by atoms with Crippen LogP contribution in [-0.2, 0) is 12.6 Å². The largest absolute Gasteiger partial charge is 0.495 e. The number of carbonyl (C=O) groups excluding carboxylic acids is 1. The van der Waals surface area contributed by atoms with Crippen molar-refractivity contribution in [2.75, 3.05) is 43.5 Å². The number of anilines is 2. The fraction of sp³-hybridized carbons (Fsp3) is 0.258. The van der Waals surface area contributed by atoms with Crippen molar-refractivity contribution in [1.29, 1.82) is 0 Å². The Kier molecular flexibility index (Phi) is 8.09. The Morgan fingerprint density at radius 2 is 1.63 bits per heavy atom. The van der Waals surface area contributed by atoms with E-state index in [1.807, 2.05) is 49.4 Å². The molecule has 1 fully saturated rings. The zero-order valence-corrected chi connectivity index (χ0v) is 22.8. The number of hydrogen-bond donors (Lipinski definition) is 1. The molecule has 0 bridgehead atoms. The number of amides is 2. The smallest absolute Gasteiger partial charge is 0.416 e. The predicted molar refractivity (Wildman–Crippen MR) is 152 cm³/mol. The SMILES string of the molecule is COc1ccccc1NC(=O)N1CCN(c2nc(-c3cccc(C(F)(F)F)c3)nc(C)c2Cc2ccccc2)CC1. The Morgan fingerprint density at radius 1 is 0.927 bits per heavy atom. The number of para-hydroxylation sites is 2. The highest BCUT2D eigenvalue weighted by atomic mass is 19.4. The summed E-state index contributed by atoms with van der Waals surface area (Å²) >= 11 is 0. The number of alkyl halides is 3. The first-order valence-corrected chi connectivity index (χ1v) is 13.3. The number of methoxy groups -OCH3 is 1. The number of benzene rings is 3. The van der Waals surface area contributed by atoms with Crippen LogP contribution in [0.3, 0.4) is 0 Å². The van der Waals surface area contributed by atoms with Crippen molar-refractivity contribution in [3.05, 3.63) is 101 Å². The van der Waals surface area contributed by atoms with Gasteiger partial charge in [0.15, 0.2) is 5.82 Å². The van der Waals surface area contributed by atoms with Crippen molar-refractivity contribution in [2.24, 2.45) is 0 Å². The summed E-state index contributed by atoms with van der Waals surface area (Å²) in [6.45, 7) is 3.73. The summed E-state index contributed by atoms with van der Waals surface area (Å²) in [5, 5.41) is 2.91. The van der Waals surface area contributed by atoms with E-state index in [0.717, 1.165) is 23.3 Å². The molecule has 0 radical (unpaired) electrons. The Balaban J connectivity index is 1.42. The second-order valence-corrected chi connectivity index (χ2v) is 9.78. The molecule has 0 spiro atoms. The molecule has 10 heteroatoms. The van der Waals surface area contributed by atoms with Crippen LogP contribution in [0.25, 0.3) is 11.4 Å². The molecule has 2 amide bonds. The molecule has 0 atom stereocenters. The molecule has 7 nitrogen and oxygen atoms in total. The molecule has 0 aliphatic carbocycles. The zero-order chi connectivity index (χ0) is 29.0. The van der Waals surface area contributed by atoms with Gasteiger partial charge in [0, 0.05) is 49.4 Å².